The van der Waals surface area contributed by atoms with Crippen LogP contribution < -0.4 is 5.32 Å². The maximum atomic E-state index is 11.6. The van der Waals surface area contributed by atoms with Gasteiger partial charge in [0, 0.05) is 19.6 Å². The molecule has 6 heteroatoms. The predicted octanol–water partition coefficient (Wildman–Crippen LogP) is 0.897. The van der Waals surface area contributed by atoms with E-state index < -0.39 is 17.9 Å². The Hall–Kier alpha value is -1.77. The minimum atomic E-state index is -0.953. The van der Waals surface area contributed by atoms with Gasteiger partial charge in [-0.15, -0.1) is 0 Å². The zero-order valence-corrected chi connectivity index (χ0v) is 10.6. The van der Waals surface area contributed by atoms with Gasteiger partial charge in [0.05, 0.1) is 17.9 Å². The first-order valence-electron chi connectivity index (χ1n) is 5.43. The highest BCUT2D eigenvalue weighted by Crippen LogP contribution is 2.03. The highest BCUT2D eigenvalue weighted by Gasteiger charge is 2.22. The molecule has 6 nitrogen and oxygen atoms in total. The van der Waals surface area contributed by atoms with Crippen LogP contribution in [0.3, 0.4) is 0 Å². The van der Waals surface area contributed by atoms with Crippen molar-refractivity contribution in [1.82, 2.24) is 10.2 Å². The van der Waals surface area contributed by atoms with E-state index in [0.717, 1.165) is 0 Å². The quantitative estimate of drug-likeness (QED) is 0.747. The number of nitrogens with zero attached hydrogens (tertiary/aromatic N) is 2. The third-order valence-electron chi connectivity index (χ3n) is 2.61. The first-order valence-corrected chi connectivity index (χ1v) is 5.43. The Morgan fingerprint density at radius 2 is 1.94 bits per heavy atom. The van der Waals surface area contributed by atoms with Gasteiger partial charge in [-0.2, -0.15) is 5.26 Å². The molecule has 0 fully saturated rings. The molecule has 0 aliphatic carbocycles. The Labute approximate surface area is 101 Å². The summed E-state index contributed by atoms with van der Waals surface area (Å²) in [5.74, 6) is -1.86. The van der Waals surface area contributed by atoms with Crippen LogP contribution in [0.25, 0.3) is 0 Å². The van der Waals surface area contributed by atoms with E-state index in [1.165, 1.54) is 11.8 Å². The number of rotatable bonds is 5. The maximum Gasteiger partial charge on any atom is 0.317 e. The average Bonchev–Trinajstić information content (AvgIpc) is 2.27. The van der Waals surface area contributed by atoms with E-state index in [2.05, 4.69) is 5.32 Å². The summed E-state index contributed by atoms with van der Waals surface area (Å²) in [5, 5.41) is 20.0. The number of carbonyl (C=O) groups excluding carboxylic acids is 1. The van der Waals surface area contributed by atoms with E-state index in [1.54, 1.807) is 20.9 Å². The number of carboxylic acid groups (broad SMARTS) is 1. The average molecular weight is 241 g/mol. The minimum absolute atomic E-state index is 0.252. The van der Waals surface area contributed by atoms with E-state index in [-0.39, 0.29) is 11.9 Å². The molecule has 0 aliphatic heterocycles. The third kappa shape index (κ3) is 5.20. The summed E-state index contributed by atoms with van der Waals surface area (Å²) in [6.07, 6.45) is 0. The number of urea groups is 1. The SMILES string of the molecule is CC(C#N)CN(C)C(=O)NC(C)C(C)C(=O)O. The fraction of sp³-hybridized carbons (Fsp3) is 0.727. The van der Waals surface area contributed by atoms with Crippen molar-refractivity contribution in [3.8, 4) is 6.07 Å². The topological polar surface area (TPSA) is 93.4 Å². The number of amides is 2. The van der Waals surface area contributed by atoms with Gasteiger partial charge in [-0.3, -0.25) is 4.79 Å². The number of carbonyl (C=O) groups is 2. The molecule has 2 N–H and O–H groups in total. The van der Waals surface area contributed by atoms with Gasteiger partial charge in [-0.1, -0.05) is 0 Å². The summed E-state index contributed by atoms with van der Waals surface area (Å²) < 4.78 is 0. The van der Waals surface area contributed by atoms with Crippen LogP contribution in [-0.2, 0) is 4.79 Å². The molecule has 17 heavy (non-hydrogen) atoms. The lowest BCUT2D eigenvalue weighted by atomic mass is 10.0. The molecule has 0 aromatic rings. The van der Waals surface area contributed by atoms with E-state index in [9.17, 15) is 9.59 Å². The van der Waals surface area contributed by atoms with Crippen LogP contribution in [-0.4, -0.2) is 41.6 Å². The van der Waals surface area contributed by atoms with Gasteiger partial charge in [0.2, 0.25) is 0 Å². The molecule has 96 valence electrons. The summed E-state index contributed by atoms with van der Waals surface area (Å²) in [4.78, 5) is 23.7. The summed E-state index contributed by atoms with van der Waals surface area (Å²) in [6.45, 7) is 5.20. The van der Waals surface area contributed by atoms with Crippen molar-refractivity contribution in [3.05, 3.63) is 0 Å². The van der Waals surface area contributed by atoms with Gasteiger partial charge >= 0.3 is 12.0 Å². The lowest BCUT2D eigenvalue weighted by molar-refractivity contribution is -0.141. The van der Waals surface area contributed by atoms with Crippen LogP contribution in [0, 0.1) is 23.2 Å². The van der Waals surface area contributed by atoms with E-state index >= 15 is 0 Å². The van der Waals surface area contributed by atoms with Crippen molar-refractivity contribution < 1.29 is 14.7 Å². The Morgan fingerprint density at radius 3 is 2.35 bits per heavy atom. The Morgan fingerprint density at radius 1 is 1.41 bits per heavy atom. The van der Waals surface area contributed by atoms with Crippen LogP contribution >= 0.6 is 0 Å². The summed E-state index contributed by atoms with van der Waals surface area (Å²) in [5.41, 5.74) is 0. The molecule has 0 aromatic heterocycles. The van der Waals surface area contributed by atoms with Crippen molar-refractivity contribution in [3.63, 3.8) is 0 Å². The Bertz CT molecular complexity index is 324. The maximum absolute atomic E-state index is 11.6. The number of hydrogen-bond acceptors (Lipinski definition) is 3. The number of aliphatic carboxylic acids is 1. The largest absolute Gasteiger partial charge is 0.481 e. The van der Waals surface area contributed by atoms with Gasteiger partial charge in [-0.05, 0) is 20.8 Å². The summed E-state index contributed by atoms with van der Waals surface area (Å²) in [6, 6.07) is 1.20. The van der Waals surface area contributed by atoms with Crippen LogP contribution in [0.15, 0.2) is 0 Å². The molecule has 3 unspecified atom stereocenters. The summed E-state index contributed by atoms with van der Waals surface area (Å²) in [7, 11) is 1.57. The molecule has 3 atom stereocenters. The smallest absolute Gasteiger partial charge is 0.317 e. The number of carboxylic acids is 1. The van der Waals surface area contributed by atoms with Gasteiger partial charge in [0.25, 0.3) is 0 Å². The number of nitriles is 1. The van der Waals surface area contributed by atoms with Crippen molar-refractivity contribution in [2.24, 2.45) is 11.8 Å². The Balaban J connectivity index is 4.26. The molecule has 0 saturated heterocycles. The molecule has 0 aliphatic rings. The van der Waals surface area contributed by atoms with Crippen molar-refractivity contribution in [1.29, 1.82) is 5.26 Å². The third-order valence-corrected chi connectivity index (χ3v) is 2.61. The fourth-order valence-electron chi connectivity index (χ4n) is 1.18. The number of nitrogens with one attached hydrogen (secondary N) is 1. The molecule has 2 amide bonds. The van der Waals surface area contributed by atoms with E-state index in [1.807, 2.05) is 6.07 Å². The molecular formula is C11H19N3O3. The van der Waals surface area contributed by atoms with E-state index in [0.29, 0.717) is 6.54 Å². The van der Waals surface area contributed by atoms with Crippen LogP contribution in [0.2, 0.25) is 0 Å². The van der Waals surface area contributed by atoms with Gasteiger partial charge in [-0.25, -0.2) is 4.79 Å². The highest BCUT2D eigenvalue weighted by molar-refractivity contribution is 5.76. The molecular weight excluding hydrogens is 222 g/mol. The standard InChI is InChI=1S/C11H19N3O3/c1-7(5-12)6-14(4)11(17)13-9(3)8(2)10(15)16/h7-9H,6H2,1-4H3,(H,13,17)(H,15,16). The van der Waals surface area contributed by atoms with Crippen LogP contribution in [0.4, 0.5) is 4.79 Å². The first-order chi connectivity index (χ1) is 7.79. The molecule has 0 heterocycles. The zero-order valence-electron chi connectivity index (χ0n) is 10.6. The van der Waals surface area contributed by atoms with E-state index in [4.69, 9.17) is 10.4 Å². The second-order valence-electron chi connectivity index (χ2n) is 4.28. The summed E-state index contributed by atoms with van der Waals surface area (Å²) >= 11 is 0. The molecule has 0 radical (unpaired) electrons. The molecule has 0 aromatic carbocycles. The highest BCUT2D eigenvalue weighted by atomic mass is 16.4. The van der Waals surface area contributed by atoms with Crippen molar-refractivity contribution >= 4 is 12.0 Å². The van der Waals surface area contributed by atoms with Crippen molar-refractivity contribution in [2.75, 3.05) is 13.6 Å². The number of hydrogen-bond donors (Lipinski definition) is 2. The molecule has 0 saturated carbocycles. The lowest BCUT2D eigenvalue weighted by Gasteiger charge is -2.23. The molecule has 0 spiro atoms. The van der Waals surface area contributed by atoms with Gasteiger partial charge < -0.3 is 15.3 Å². The second-order valence-corrected chi connectivity index (χ2v) is 4.28. The lowest BCUT2D eigenvalue weighted by Crippen LogP contribution is -2.46. The minimum Gasteiger partial charge on any atom is -0.481 e. The van der Waals surface area contributed by atoms with Crippen LogP contribution in [0.5, 0.6) is 0 Å². The second kappa shape index (κ2) is 6.74. The predicted molar refractivity (Wildman–Crippen MR) is 62.2 cm³/mol. The fourth-order valence-corrected chi connectivity index (χ4v) is 1.18. The van der Waals surface area contributed by atoms with Crippen LogP contribution in [0.1, 0.15) is 20.8 Å². The molecule has 0 bridgehead atoms. The normalized spacial score (nSPS) is 15.2. The Kier molecular flexibility index (Phi) is 6.03. The first kappa shape index (κ1) is 15.2. The zero-order chi connectivity index (χ0) is 13.6. The van der Waals surface area contributed by atoms with Gasteiger partial charge in [0.15, 0.2) is 0 Å². The van der Waals surface area contributed by atoms with Crippen molar-refractivity contribution in [2.45, 2.75) is 26.8 Å². The monoisotopic (exact) mass is 241 g/mol. The van der Waals surface area contributed by atoms with Gasteiger partial charge in [0.1, 0.15) is 0 Å². The molecule has 0 rings (SSSR count).